The number of nitrogens with one attached hydrogen (secondary N) is 1. The number of hydrogen-bond acceptors (Lipinski definition) is 4. The van der Waals surface area contributed by atoms with Crippen molar-refractivity contribution in [3.05, 3.63) is 59.2 Å². The van der Waals surface area contributed by atoms with Crippen LogP contribution in [-0.4, -0.2) is 38.4 Å². The van der Waals surface area contributed by atoms with Crippen molar-refractivity contribution in [1.29, 1.82) is 0 Å². The number of ether oxygens (including phenoxy) is 1. The van der Waals surface area contributed by atoms with Gasteiger partial charge in [0.15, 0.2) is 0 Å². The molecule has 1 unspecified atom stereocenters. The van der Waals surface area contributed by atoms with Gasteiger partial charge in [-0.2, -0.15) is 0 Å². The molecule has 1 saturated heterocycles. The van der Waals surface area contributed by atoms with Crippen molar-refractivity contribution in [3.63, 3.8) is 0 Å². The molecule has 162 valence electrons. The molecule has 6 nitrogen and oxygen atoms in total. The van der Waals surface area contributed by atoms with Crippen LogP contribution in [0.5, 0.6) is 5.75 Å². The van der Waals surface area contributed by atoms with E-state index in [0.29, 0.717) is 12.1 Å². The Balaban J connectivity index is 1.95. The van der Waals surface area contributed by atoms with E-state index in [9.17, 15) is 13.2 Å². The monoisotopic (exact) mass is 430 g/mol. The predicted molar refractivity (Wildman–Crippen MR) is 117 cm³/mol. The number of methoxy groups -OCH3 is 1. The Kier molecular flexibility index (Phi) is 6.24. The SMILES string of the molecule is COc1ccc(C(=O)N2CCCC2c2ccc(C)cc2)cc1S(=O)(=O)NC(C)(C)C. The third kappa shape index (κ3) is 4.84. The van der Waals surface area contributed by atoms with Crippen LogP contribution < -0.4 is 9.46 Å². The van der Waals surface area contributed by atoms with Crippen molar-refractivity contribution in [1.82, 2.24) is 9.62 Å². The molecule has 0 saturated carbocycles. The normalized spacial score (nSPS) is 17.2. The van der Waals surface area contributed by atoms with E-state index in [2.05, 4.69) is 16.9 Å². The van der Waals surface area contributed by atoms with Crippen molar-refractivity contribution in [2.75, 3.05) is 13.7 Å². The molecule has 0 aliphatic carbocycles. The number of hydrogen-bond donors (Lipinski definition) is 1. The quantitative estimate of drug-likeness (QED) is 0.776. The lowest BCUT2D eigenvalue weighted by Gasteiger charge is -2.26. The van der Waals surface area contributed by atoms with Crippen LogP contribution in [0.15, 0.2) is 47.4 Å². The largest absolute Gasteiger partial charge is 0.495 e. The maximum absolute atomic E-state index is 13.3. The average molecular weight is 431 g/mol. The lowest BCUT2D eigenvalue weighted by molar-refractivity contribution is 0.0735. The highest BCUT2D eigenvalue weighted by Crippen LogP contribution is 2.34. The molecule has 1 fully saturated rings. The van der Waals surface area contributed by atoms with E-state index in [0.717, 1.165) is 18.4 Å². The van der Waals surface area contributed by atoms with Gasteiger partial charge in [-0.15, -0.1) is 0 Å². The lowest BCUT2D eigenvalue weighted by Crippen LogP contribution is -2.40. The topological polar surface area (TPSA) is 75.7 Å². The predicted octanol–water partition coefficient (Wildman–Crippen LogP) is 4.06. The Bertz CT molecular complexity index is 1020. The molecule has 0 aromatic heterocycles. The van der Waals surface area contributed by atoms with Gasteiger partial charge in [-0.3, -0.25) is 4.79 Å². The van der Waals surface area contributed by atoms with Gasteiger partial charge in [0.1, 0.15) is 10.6 Å². The molecule has 2 aromatic carbocycles. The first-order chi connectivity index (χ1) is 14.0. The number of benzene rings is 2. The van der Waals surface area contributed by atoms with E-state index < -0.39 is 15.6 Å². The third-order valence-corrected chi connectivity index (χ3v) is 6.90. The number of rotatable bonds is 5. The maximum Gasteiger partial charge on any atom is 0.254 e. The van der Waals surface area contributed by atoms with Gasteiger partial charge in [0, 0.05) is 17.6 Å². The number of sulfonamides is 1. The Morgan fingerprint density at radius 1 is 1.13 bits per heavy atom. The summed E-state index contributed by atoms with van der Waals surface area (Å²) < 4.78 is 33.7. The summed E-state index contributed by atoms with van der Waals surface area (Å²) in [4.78, 5) is 15.1. The van der Waals surface area contributed by atoms with E-state index in [4.69, 9.17) is 4.74 Å². The molecule has 30 heavy (non-hydrogen) atoms. The highest BCUT2D eigenvalue weighted by Gasteiger charge is 2.32. The number of likely N-dealkylation sites (tertiary alicyclic amines) is 1. The summed E-state index contributed by atoms with van der Waals surface area (Å²) in [5.41, 5.74) is 1.95. The smallest absolute Gasteiger partial charge is 0.254 e. The first-order valence-electron chi connectivity index (χ1n) is 10.1. The van der Waals surface area contributed by atoms with Crippen molar-refractivity contribution in [3.8, 4) is 5.75 Å². The molecule has 2 aromatic rings. The van der Waals surface area contributed by atoms with Crippen LogP contribution in [0.2, 0.25) is 0 Å². The van der Waals surface area contributed by atoms with Crippen LogP contribution in [0.3, 0.4) is 0 Å². The molecule has 0 spiro atoms. The molecule has 0 radical (unpaired) electrons. The first kappa shape index (κ1) is 22.3. The molecule has 0 bridgehead atoms. The van der Waals surface area contributed by atoms with E-state index in [1.54, 1.807) is 32.9 Å². The minimum absolute atomic E-state index is 0.00652. The van der Waals surface area contributed by atoms with E-state index in [1.807, 2.05) is 24.0 Å². The Hall–Kier alpha value is -2.38. The molecular formula is C23H30N2O4S. The number of carbonyl (C=O) groups excluding carboxylic acids is 1. The molecular weight excluding hydrogens is 400 g/mol. The fourth-order valence-corrected chi connectivity index (χ4v) is 5.40. The summed E-state index contributed by atoms with van der Waals surface area (Å²) in [5.74, 6) is 0.0349. The highest BCUT2D eigenvalue weighted by molar-refractivity contribution is 7.89. The van der Waals surface area contributed by atoms with Crippen molar-refractivity contribution in [2.24, 2.45) is 0 Å². The number of aryl methyl sites for hydroxylation is 1. The zero-order valence-electron chi connectivity index (χ0n) is 18.2. The zero-order chi connectivity index (χ0) is 22.1. The number of amides is 1. The molecule has 1 atom stereocenters. The molecule has 1 aliphatic rings. The van der Waals surface area contributed by atoms with Crippen LogP contribution >= 0.6 is 0 Å². The average Bonchev–Trinajstić information content (AvgIpc) is 3.15. The van der Waals surface area contributed by atoms with Gasteiger partial charge in [0.25, 0.3) is 5.91 Å². The van der Waals surface area contributed by atoms with Gasteiger partial charge in [0.2, 0.25) is 10.0 Å². The van der Waals surface area contributed by atoms with Crippen LogP contribution in [0.25, 0.3) is 0 Å². The van der Waals surface area contributed by atoms with Crippen LogP contribution in [0.4, 0.5) is 0 Å². The van der Waals surface area contributed by atoms with Crippen LogP contribution in [0.1, 0.15) is 61.1 Å². The molecule has 7 heteroatoms. The van der Waals surface area contributed by atoms with E-state index in [1.165, 1.54) is 18.7 Å². The summed E-state index contributed by atoms with van der Waals surface area (Å²) in [6.45, 7) is 7.98. The van der Waals surface area contributed by atoms with Crippen LogP contribution in [-0.2, 0) is 10.0 Å². The number of nitrogens with zero attached hydrogens (tertiary/aromatic N) is 1. The molecule has 1 amide bonds. The van der Waals surface area contributed by atoms with E-state index >= 15 is 0 Å². The highest BCUT2D eigenvalue weighted by atomic mass is 32.2. The summed E-state index contributed by atoms with van der Waals surface area (Å²) in [6.07, 6.45) is 1.80. The molecule has 1 aliphatic heterocycles. The van der Waals surface area contributed by atoms with Gasteiger partial charge >= 0.3 is 0 Å². The lowest BCUT2D eigenvalue weighted by atomic mass is 10.0. The zero-order valence-corrected chi connectivity index (χ0v) is 19.0. The van der Waals surface area contributed by atoms with Gasteiger partial charge in [-0.1, -0.05) is 29.8 Å². The van der Waals surface area contributed by atoms with Crippen molar-refractivity contribution >= 4 is 15.9 Å². The third-order valence-electron chi connectivity index (χ3n) is 5.12. The van der Waals surface area contributed by atoms with Crippen molar-refractivity contribution < 1.29 is 17.9 Å². The standard InChI is InChI=1S/C23H30N2O4S/c1-16-8-10-17(11-9-16)19-7-6-14-25(19)22(26)18-12-13-20(29-5)21(15-18)30(27,28)24-23(2,3)4/h8-13,15,19,24H,6-7,14H2,1-5H3. The van der Waals surface area contributed by atoms with Gasteiger partial charge in [-0.05, 0) is 64.3 Å². The van der Waals surface area contributed by atoms with E-state index in [-0.39, 0.29) is 22.6 Å². The fourth-order valence-electron chi connectivity index (χ4n) is 3.79. The van der Waals surface area contributed by atoms with Gasteiger partial charge in [0.05, 0.1) is 13.2 Å². The summed E-state index contributed by atoms with van der Waals surface area (Å²) >= 11 is 0. The number of carbonyl (C=O) groups is 1. The summed E-state index contributed by atoms with van der Waals surface area (Å²) in [6, 6.07) is 12.8. The second kappa shape index (κ2) is 8.40. The molecule has 3 rings (SSSR count). The first-order valence-corrected chi connectivity index (χ1v) is 11.6. The maximum atomic E-state index is 13.3. The second-order valence-corrected chi connectivity index (χ2v) is 10.4. The van der Waals surface area contributed by atoms with Gasteiger partial charge in [-0.25, -0.2) is 13.1 Å². The second-order valence-electron chi connectivity index (χ2n) is 8.79. The minimum Gasteiger partial charge on any atom is -0.495 e. The van der Waals surface area contributed by atoms with Crippen LogP contribution in [0, 0.1) is 6.92 Å². The minimum atomic E-state index is -3.86. The Morgan fingerprint density at radius 3 is 2.40 bits per heavy atom. The molecule has 1 N–H and O–H groups in total. The molecule has 1 heterocycles. The summed E-state index contributed by atoms with van der Waals surface area (Å²) in [7, 11) is -2.44. The fraction of sp³-hybridized carbons (Fsp3) is 0.435. The Labute approximate surface area is 179 Å². The Morgan fingerprint density at radius 2 is 1.80 bits per heavy atom. The van der Waals surface area contributed by atoms with Crippen molar-refractivity contribution in [2.45, 2.75) is 57.0 Å². The summed E-state index contributed by atoms with van der Waals surface area (Å²) in [5, 5.41) is 0. The van der Waals surface area contributed by atoms with Gasteiger partial charge < -0.3 is 9.64 Å².